The molecule has 1 aliphatic rings. The van der Waals surface area contributed by atoms with Gasteiger partial charge < -0.3 is 9.80 Å². The first kappa shape index (κ1) is 18.4. The Kier molecular flexibility index (Phi) is 5.25. The lowest BCUT2D eigenvalue weighted by molar-refractivity contribution is -0.134. The average Bonchev–Trinajstić information content (AvgIpc) is 2.65. The van der Waals surface area contributed by atoms with Gasteiger partial charge in [-0.2, -0.15) is 0 Å². The number of aromatic nitrogens is 1. The predicted molar refractivity (Wildman–Crippen MR) is 103 cm³/mol. The monoisotopic (exact) mass is 353 g/mol. The van der Waals surface area contributed by atoms with Crippen molar-refractivity contribution in [3.05, 3.63) is 41.6 Å². The molecule has 0 unspecified atom stereocenters. The summed E-state index contributed by atoms with van der Waals surface area (Å²) < 4.78 is 0. The first-order valence-corrected chi connectivity index (χ1v) is 9.28. The van der Waals surface area contributed by atoms with Gasteiger partial charge in [-0.15, -0.1) is 0 Å². The van der Waals surface area contributed by atoms with E-state index in [4.69, 9.17) is 4.98 Å². The number of likely N-dealkylation sites (tertiary alicyclic amines) is 1. The number of para-hydroxylation sites is 1. The summed E-state index contributed by atoms with van der Waals surface area (Å²) in [4.78, 5) is 33.6. The first-order chi connectivity index (χ1) is 12.4. The van der Waals surface area contributed by atoms with Crippen molar-refractivity contribution in [3.63, 3.8) is 0 Å². The van der Waals surface area contributed by atoms with Crippen LogP contribution in [0.2, 0.25) is 0 Å². The third kappa shape index (κ3) is 3.57. The van der Waals surface area contributed by atoms with E-state index in [9.17, 15) is 9.59 Å². The van der Waals surface area contributed by atoms with Gasteiger partial charge >= 0.3 is 0 Å². The molecule has 2 heterocycles. The Bertz CT molecular complexity index is 821. The second kappa shape index (κ2) is 7.44. The summed E-state index contributed by atoms with van der Waals surface area (Å²) in [6.07, 6.45) is 1.45. The lowest BCUT2D eigenvalue weighted by atomic mass is 9.94. The molecule has 1 fully saturated rings. The first-order valence-electron chi connectivity index (χ1n) is 9.28. The molecule has 0 aliphatic carbocycles. The van der Waals surface area contributed by atoms with Gasteiger partial charge in [0.2, 0.25) is 5.91 Å². The smallest absolute Gasteiger partial charge is 0.254 e. The molecule has 5 nitrogen and oxygen atoms in total. The number of carbonyl (C=O) groups excluding carboxylic acids is 2. The molecule has 26 heavy (non-hydrogen) atoms. The Morgan fingerprint density at radius 3 is 2.42 bits per heavy atom. The van der Waals surface area contributed by atoms with Crippen LogP contribution in [0, 0.1) is 5.92 Å². The van der Waals surface area contributed by atoms with Gasteiger partial charge in [-0.3, -0.25) is 14.6 Å². The molecule has 1 saturated heterocycles. The summed E-state index contributed by atoms with van der Waals surface area (Å²) in [5, 5.41) is 0.897. The third-order valence-corrected chi connectivity index (χ3v) is 5.13. The van der Waals surface area contributed by atoms with E-state index < -0.39 is 0 Å². The summed E-state index contributed by atoms with van der Waals surface area (Å²) in [5.74, 6) is 0.485. The number of benzene rings is 1. The van der Waals surface area contributed by atoms with E-state index in [0.29, 0.717) is 13.1 Å². The van der Waals surface area contributed by atoms with Crippen LogP contribution in [0.15, 0.2) is 30.3 Å². The van der Waals surface area contributed by atoms with Gasteiger partial charge in [0.1, 0.15) is 0 Å². The highest BCUT2D eigenvalue weighted by molar-refractivity contribution is 6.06. The topological polar surface area (TPSA) is 53.5 Å². The van der Waals surface area contributed by atoms with Crippen molar-refractivity contribution in [2.45, 2.75) is 32.6 Å². The molecule has 1 aromatic heterocycles. The number of rotatable bonds is 3. The van der Waals surface area contributed by atoms with Gasteiger partial charge in [0, 0.05) is 44.2 Å². The van der Waals surface area contributed by atoms with Crippen molar-refractivity contribution < 1.29 is 9.59 Å². The number of hydrogen-bond acceptors (Lipinski definition) is 3. The number of fused-ring (bicyclic) bond motifs is 1. The highest BCUT2D eigenvalue weighted by Gasteiger charge is 2.29. The summed E-state index contributed by atoms with van der Waals surface area (Å²) in [6, 6.07) is 9.75. The predicted octanol–water partition coefficient (Wildman–Crippen LogP) is 3.30. The number of carbonyl (C=O) groups is 2. The van der Waals surface area contributed by atoms with Gasteiger partial charge in [0.15, 0.2) is 0 Å². The number of pyridine rings is 1. The second-order valence-electron chi connectivity index (χ2n) is 7.57. The van der Waals surface area contributed by atoms with Crippen molar-refractivity contribution >= 4 is 22.7 Å². The quantitative estimate of drug-likeness (QED) is 0.851. The minimum absolute atomic E-state index is 0.0226. The zero-order chi connectivity index (χ0) is 18.8. The maximum atomic E-state index is 13.2. The number of hydrogen-bond donors (Lipinski definition) is 0. The summed E-state index contributed by atoms with van der Waals surface area (Å²) in [5.41, 5.74) is 2.51. The molecule has 1 aromatic carbocycles. The molecule has 0 spiro atoms. The van der Waals surface area contributed by atoms with Gasteiger partial charge in [0.25, 0.3) is 5.91 Å². The second-order valence-corrected chi connectivity index (χ2v) is 7.57. The Hall–Kier alpha value is -2.43. The number of piperidine rings is 1. The largest absolute Gasteiger partial charge is 0.349 e. The molecule has 1 aliphatic heterocycles. The maximum absolute atomic E-state index is 13.2. The van der Waals surface area contributed by atoms with Crippen molar-refractivity contribution in [1.29, 1.82) is 0 Å². The molecule has 2 aromatic rings. The normalized spacial score (nSPS) is 15.5. The van der Waals surface area contributed by atoms with E-state index in [2.05, 4.69) is 13.8 Å². The lowest BCUT2D eigenvalue weighted by Gasteiger charge is -2.32. The third-order valence-electron chi connectivity index (χ3n) is 5.13. The van der Waals surface area contributed by atoms with E-state index >= 15 is 0 Å². The molecule has 0 saturated carbocycles. The van der Waals surface area contributed by atoms with Crippen LogP contribution >= 0.6 is 0 Å². The Balaban J connectivity index is 1.86. The van der Waals surface area contributed by atoms with Crippen LogP contribution in [-0.4, -0.2) is 53.8 Å². The number of nitrogens with zero attached hydrogens (tertiary/aromatic N) is 3. The molecule has 0 atom stereocenters. The molecule has 138 valence electrons. The summed E-state index contributed by atoms with van der Waals surface area (Å²) in [7, 11) is 3.58. The van der Waals surface area contributed by atoms with Crippen LogP contribution in [-0.2, 0) is 4.79 Å². The molecule has 0 N–H and O–H groups in total. The maximum Gasteiger partial charge on any atom is 0.254 e. The van der Waals surface area contributed by atoms with Gasteiger partial charge in [0.05, 0.1) is 11.1 Å². The van der Waals surface area contributed by atoms with Crippen LogP contribution in [0.25, 0.3) is 10.9 Å². The lowest BCUT2D eigenvalue weighted by Crippen LogP contribution is -2.42. The standard InChI is InChI=1S/C21H27N3O2/c1-14(2)19-13-17(16-7-5-6-8-18(16)22-19)21(26)24-11-9-15(10-12-24)20(25)23(3)4/h5-8,13-15H,9-12H2,1-4H3. The zero-order valence-corrected chi connectivity index (χ0v) is 16.0. The van der Waals surface area contributed by atoms with Crippen LogP contribution in [0.3, 0.4) is 0 Å². The SMILES string of the molecule is CC(C)c1cc(C(=O)N2CCC(C(=O)N(C)C)CC2)c2ccccc2n1. The van der Waals surface area contributed by atoms with Crippen molar-refractivity contribution in [3.8, 4) is 0 Å². The molecule has 2 amide bonds. The minimum Gasteiger partial charge on any atom is -0.349 e. The summed E-state index contributed by atoms with van der Waals surface area (Å²) in [6.45, 7) is 5.42. The van der Waals surface area contributed by atoms with Gasteiger partial charge in [-0.25, -0.2) is 0 Å². The fourth-order valence-electron chi connectivity index (χ4n) is 3.53. The van der Waals surface area contributed by atoms with Crippen molar-refractivity contribution in [1.82, 2.24) is 14.8 Å². The molecule has 3 rings (SSSR count). The number of amides is 2. The molecule has 5 heteroatoms. The van der Waals surface area contributed by atoms with Crippen LogP contribution in [0.1, 0.15) is 48.7 Å². The molecular formula is C21H27N3O2. The Labute approximate surface area is 155 Å². The van der Waals surface area contributed by atoms with E-state index in [-0.39, 0.29) is 23.7 Å². The van der Waals surface area contributed by atoms with E-state index in [1.54, 1.807) is 19.0 Å². The van der Waals surface area contributed by atoms with Gasteiger partial charge in [-0.1, -0.05) is 32.0 Å². The fourth-order valence-corrected chi connectivity index (χ4v) is 3.53. The van der Waals surface area contributed by atoms with Crippen LogP contribution in [0.4, 0.5) is 0 Å². The average molecular weight is 353 g/mol. The van der Waals surface area contributed by atoms with E-state index in [1.165, 1.54) is 0 Å². The molecule has 0 bridgehead atoms. The molecular weight excluding hydrogens is 326 g/mol. The summed E-state index contributed by atoms with van der Waals surface area (Å²) >= 11 is 0. The fraction of sp³-hybridized carbons (Fsp3) is 0.476. The highest BCUT2D eigenvalue weighted by Crippen LogP contribution is 2.26. The van der Waals surface area contributed by atoms with Crippen LogP contribution < -0.4 is 0 Å². The van der Waals surface area contributed by atoms with Crippen LogP contribution in [0.5, 0.6) is 0 Å². The Morgan fingerprint density at radius 2 is 1.81 bits per heavy atom. The van der Waals surface area contributed by atoms with Crippen molar-refractivity contribution in [2.24, 2.45) is 5.92 Å². The van der Waals surface area contributed by atoms with E-state index in [1.807, 2.05) is 35.2 Å². The Morgan fingerprint density at radius 1 is 1.15 bits per heavy atom. The zero-order valence-electron chi connectivity index (χ0n) is 16.0. The highest BCUT2D eigenvalue weighted by atomic mass is 16.2. The van der Waals surface area contributed by atoms with E-state index in [0.717, 1.165) is 35.0 Å². The van der Waals surface area contributed by atoms with Crippen molar-refractivity contribution in [2.75, 3.05) is 27.2 Å². The van der Waals surface area contributed by atoms with Gasteiger partial charge in [-0.05, 0) is 30.9 Å². The molecule has 0 radical (unpaired) electrons. The minimum atomic E-state index is 0.0226.